The number of ether oxygens (including phenoxy) is 1. The van der Waals surface area contributed by atoms with Gasteiger partial charge in [-0.2, -0.15) is 4.98 Å². The van der Waals surface area contributed by atoms with Crippen molar-refractivity contribution in [3.05, 3.63) is 45.2 Å². The molecule has 6 heteroatoms. The summed E-state index contributed by atoms with van der Waals surface area (Å²) in [5, 5.41) is 9.74. The summed E-state index contributed by atoms with van der Waals surface area (Å²) in [6.07, 6.45) is 0.375. The fraction of sp³-hybridized carbons (Fsp3) is 0.333. The van der Waals surface area contributed by atoms with Gasteiger partial charge in [0.05, 0.1) is 11.7 Å². The number of nitrogens with one attached hydrogen (secondary N) is 1. The average Bonchev–Trinajstić information content (AvgIpc) is 2.36. The van der Waals surface area contributed by atoms with Gasteiger partial charge in [0.2, 0.25) is 11.8 Å². The maximum absolute atomic E-state index is 11.8. The normalized spacial score (nSPS) is 10.9. The third-order valence-electron chi connectivity index (χ3n) is 2.99. The van der Waals surface area contributed by atoms with Crippen molar-refractivity contribution in [2.75, 3.05) is 5.73 Å². The van der Waals surface area contributed by atoms with Crippen LogP contribution in [0.2, 0.25) is 0 Å². The maximum atomic E-state index is 11.8. The largest absolute Gasteiger partial charge is 0.493 e. The predicted octanol–water partition coefficient (Wildman–Crippen LogP) is 1.74. The van der Waals surface area contributed by atoms with E-state index in [0.717, 1.165) is 16.9 Å². The Labute approximate surface area is 122 Å². The van der Waals surface area contributed by atoms with Gasteiger partial charge in [0.1, 0.15) is 5.75 Å². The van der Waals surface area contributed by atoms with Gasteiger partial charge in [-0.25, -0.2) is 0 Å². The van der Waals surface area contributed by atoms with E-state index in [2.05, 4.69) is 9.97 Å². The van der Waals surface area contributed by atoms with E-state index in [1.54, 1.807) is 0 Å². The Bertz CT molecular complexity index is 708. The third-order valence-corrected chi connectivity index (χ3v) is 2.99. The molecule has 0 aliphatic carbocycles. The van der Waals surface area contributed by atoms with Gasteiger partial charge in [-0.3, -0.25) is 9.78 Å². The van der Waals surface area contributed by atoms with Crippen LogP contribution in [0.4, 0.5) is 5.95 Å². The molecule has 2 aromatic rings. The zero-order valence-corrected chi connectivity index (χ0v) is 12.3. The molecule has 4 N–H and O–H groups in total. The molecular formula is C15H19N3O3. The first-order chi connectivity index (χ1) is 9.86. The van der Waals surface area contributed by atoms with Crippen LogP contribution in [0.3, 0.4) is 0 Å². The van der Waals surface area contributed by atoms with E-state index in [1.807, 2.05) is 39.0 Å². The van der Waals surface area contributed by atoms with Gasteiger partial charge in [-0.05, 0) is 38.0 Å². The third kappa shape index (κ3) is 3.53. The molecule has 2 rings (SSSR count). The summed E-state index contributed by atoms with van der Waals surface area (Å²) in [6.45, 7) is 5.86. The Balaban J connectivity index is 2.29. The van der Waals surface area contributed by atoms with E-state index in [4.69, 9.17) is 10.5 Å². The number of anilines is 1. The van der Waals surface area contributed by atoms with Crippen molar-refractivity contribution >= 4 is 5.95 Å². The number of H-pyrrole nitrogens is 1. The lowest BCUT2D eigenvalue weighted by molar-refractivity contribution is 0.240. The van der Waals surface area contributed by atoms with Crippen molar-refractivity contribution in [1.29, 1.82) is 0 Å². The second-order valence-corrected chi connectivity index (χ2v) is 5.20. The number of nitrogen functional groups attached to an aromatic ring is 1. The van der Waals surface area contributed by atoms with Crippen LogP contribution in [-0.2, 0) is 6.42 Å². The Hall–Kier alpha value is -2.50. The fourth-order valence-corrected chi connectivity index (χ4v) is 2.07. The summed E-state index contributed by atoms with van der Waals surface area (Å²) in [6, 6.07) is 5.65. The van der Waals surface area contributed by atoms with Crippen molar-refractivity contribution in [2.45, 2.75) is 33.3 Å². The van der Waals surface area contributed by atoms with Crippen LogP contribution in [0.5, 0.6) is 11.6 Å². The summed E-state index contributed by atoms with van der Waals surface area (Å²) in [5.41, 5.74) is 6.99. The molecule has 1 aromatic carbocycles. The van der Waals surface area contributed by atoms with E-state index in [1.165, 1.54) is 0 Å². The van der Waals surface area contributed by atoms with Gasteiger partial charge in [0.15, 0.2) is 0 Å². The number of nitrogens with two attached hydrogens (primary N) is 1. The molecule has 21 heavy (non-hydrogen) atoms. The highest BCUT2D eigenvalue weighted by atomic mass is 16.5. The Morgan fingerprint density at radius 3 is 2.71 bits per heavy atom. The maximum Gasteiger partial charge on any atom is 0.259 e. The highest BCUT2D eigenvalue weighted by molar-refractivity contribution is 5.40. The van der Waals surface area contributed by atoms with Gasteiger partial charge in [-0.1, -0.05) is 12.1 Å². The quantitative estimate of drug-likeness (QED) is 0.796. The second-order valence-electron chi connectivity index (χ2n) is 5.20. The molecule has 0 aliphatic heterocycles. The van der Waals surface area contributed by atoms with Crippen molar-refractivity contribution in [3.8, 4) is 11.6 Å². The van der Waals surface area contributed by atoms with Gasteiger partial charge in [-0.15, -0.1) is 0 Å². The van der Waals surface area contributed by atoms with E-state index >= 15 is 0 Å². The monoisotopic (exact) mass is 289 g/mol. The number of aromatic hydroxyl groups is 1. The van der Waals surface area contributed by atoms with E-state index in [-0.39, 0.29) is 29.9 Å². The molecule has 0 aliphatic rings. The first kappa shape index (κ1) is 14.9. The van der Waals surface area contributed by atoms with Crippen molar-refractivity contribution < 1.29 is 9.84 Å². The lowest BCUT2D eigenvalue weighted by Gasteiger charge is -2.13. The lowest BCUT2D eigenvalue weighted by atomic mass is 10.0. The van der Waals surface area contributed by atoms with Crippen LogP contribution in [0.25, 0.3) is 0 Å². The van der Waals surface area contributed by atoms with Crippen molar-refractivity contribution in [1.82, 2.24) is 9.97 Å². The summed E-state index contributed by atoms with van der Waals surface area (Å²) >= 11 is 0. The molecule has 1 heterocycles. The Morgan fingerprint density at radius 2 is 2.14 bits per heavy atom. The first-order valence-electron chi connectivity index (χ1n) is 6.70. The molecule has 0 fully saturated rings. The van der Waals surface area contributed by atoms with E-state index in [9.17, 15) is 9.90 Å². The van der Waals surface area contributed by atoms with Crippen LogP contribution >= 0.6 is 0 Å². The van der Waals surface area contributed by atoms with Gasteiger partial charge < -0.3 is 15.6 Å². The van der Waals surface area contributed by atoms with Gasteiger partial charge >= 0.3 is 0 Å². The first-order valence-corrected chi connectivity index (χ1v) is 6.70. The van der Waals surface area contributed by atoms with E-state index < -0.39 is 5.56 Å². The van der Waals surface area contributed by atoms with Gasteiger partial charge in [0, 0.05) is 6.42 Å². The summed E-state index contributed by atoms with van der Waals surface area (Å²) < 4.78 is 5.67. The Kier molecular flexibility index (Phi) is 4.16. The number of nitrogens with zero attached hydrogens (tertiary/aromatic N) is 1. The molecule has 0 unspecified atom stereocenters. The number of hydrogen-bond donors (Lipinski definition) is 3. The number of benzene rings is 1. The number of aryl methyl sites for hydroxylation is 1. The molecular weight excluding hydrogens is 270 g/mol. The average molecular weight is 289 g/mol. The molecule has 112 valence electrons. The second kappa shape index (κ2) is 5.87. The SMILES string of the molecule is Cc1cc(Cc2c(O)nc(N)[nH]c2=O)ccc1OC(C)C. The Morgan fingerprint density at radius 1 is 1.43 bits per heavy atom. The molecule has 0 atom stereocenters. The standard InChI is InChI=1S/C15H19N3O3/c1-8(2)21-12-5-4-10(6-9(12)3)7-11-13(19)17-15(16)18-14(11)20/h4-6,8H,7H2,1-3H3,(H4,16,17,18,19,20). The molecule has 0 amide bonds. The molecule has 0 saturated heterocycles. The molecule has 0 radical (unpaired) electrons. The predicted molar refractivity (Wildman–Crippen MR) is 80.7 cm³/mol. The number of aromatic nitrogens is 2. The molecule has 0 saturated carbocycles. The fourth-order valence-electron chi connectivity index (χ4n) is 2.07. The minimum atomic E-state index is -0.430. The van der Waals surface area contributed by atoms with Gasteiger partial charge in [0.25, 0.3) is 5.56 Å². The molecule has 0 bridgehead atoms. The number of rotatable bonds is 4. The van der Waals surface area contributed by atoms with Crippen LogP contribution in [0.15, 0.2) is 23.0 Å². The summed E-state index contributed by atoms with van der Waals surface area (Å²) in [4.78, 5) is 17.8. The highest BCUT2D eigenvalue weighted by Crippen LogP contribution is 2.22. The summed E-state index contributed by atoms with van der Waals surface area (Å²) in [7, 11) is 0. The minimum Gasteiger partial charge on any atom is -0.493 e. The number of aromatic amines is 1. The lowest BCUT2D eigenvalue weighted by Crippen LogP contribution is -2.16. The molecule has 0 spiro atoms. The van der Waals surface area contributed by atoms with Crippen molar-refractivity contribution in [2.24, 2.45) is 0 Å². The van der Waals surface area contributed by atoms with Crippen LogP contribution in [0, 0.1) is 6.92 Å². The van der Waals surface area contributed by atoms with E-state index in [0.29, 0.717) is 0 Å². The molecule has 1 aromatic heterocycles. The smallest absolute Gasteiger partial charge is 0.259 e. The zero-order valence-electron chi connectivity index (χ0n) is 12.3. The molecule has 6 nitrogen and oxygen atoms in total. The van der Waals surface area contributed by atoms with Crippen molar-refractivity contribution in [3.63, 3.8) is 0 Å². The summed E-state index contributed by atoms with van der Waals surface area (Å²) in [5.74, 6) is 0.372. The number of hydrogen-bond acceptors (Lipinski definition) is 5. The zero-order chi connectivity index (χ0) is 15.6. The van der Waals surface area contributed by atoms with Crippen LogP contribution < -0.4 is 16.0 Å². The van der Waals surface area contributed by atoms with Crippen LogP contribution in [-0.4, -0.2) is 21.2 Å². The highest BCUT2D eigenvalue weighted by Gasteiger charge is 2.11. The van der Waals surface area contributed by atoms with Crippen LogP contribution in [0.1, 0.15) is 30.5 Å². The minimum absolute atomic E-state index is 0.0990. The topological polar surface area (TPSA) is 101 Å².